The fraction of sp³-hybridized carbons (Fsp3) is 0.952. The highest BCUT2D eigenvalue weighted by Gasteiger charge is 2.44. The number of ether oxygens (including phenoxy) is 1. The Morgan fingerprint density at radius 1 is 0.963 bits per heavy atom. The van der Waals surface area contributed by atoms with Crippen molar-refractivity contribution in [1.29, 1.82) is 0 Å². The van der Waals surface area contributed by atoms with Gasteiger partial charge < -0.3 is 15.0 Å². The molecule has 2 aliphatic carbocycles. The van der Waals surface area contributed by atoms with Crippen LogP contribution in [0.3, 0.4) is 0 Å². The molecule has 156 valence electrons. The zero-order valence-corrected chi connectivity index (χ0v) is 19.5. The first-order chi connectivity index (χ1) is 12.7. The summed E-state index contributed by atoms with van der Waals surface area (Å²) in [6.45, 7) is 8.74. The molecule has 0 radical (unpaired) electrons. The Hall–Kier alpha value is -0.0800. The van der Waals surface area contributed by atoms with E-state index in [4.69, 9.17) is 4.74 Å². The van der Waals surface area contributed by atoms with Gasteiger partial charge in [0.25, 0.3) is 0 Å². The lowest BCUT2D eigenvalue weighted by molar-refractivity contribution is 0.00808. The van der Waals surface area contributed by atoms with Gasteiger partial charge >= 0.3 is 0 Å². The second-order valence-electron chi connectivity index (χ2n) is 9.38. The number of hydrogen-bond donors (Lipinski definition) is 1. The van der Waals surface area contributed by atoms with Crippen LogP contribution in [-0.2, 0) is 4.74 Å². The molecule has 1 spiro atoms. The topological polar surface area (TPSA) is 40.1 Å². The van der Waals surface area contributed by atoms with Gasteiger partial charge in [-0.1, -0.05) is 25.7 Å². The van der Waals surface area contributed by atoms with Crippen molar-refractivity contribution in [3.8, 4) is 0 Å². The standard InChI is InChI=1S/C21H38N4O.HI/c1-22-19(25-11-10-20(18-25)8-5-9-20)23-16-21(6-3-2-4-7-21)17-24-12-14-26-15-13-24;/h2-18H2,1H3,(H,22,23);1H. The van der Waals surface area contributed by atoms with Crippen molar-refractivity contribution in [3.63, 3.8) is 0 Å². The Bertz CT molecular complexity index is 496. The van der Waals surface area contributed by atoms with E-state index in [2.05, 4.69) is 20.1 Å². The zero-order chi connectivity index (χ0) is 17.9. The molecule has 0 aromatic carbocycles. The highest BCUT2D eigenvalue weighted by Crippen LogP contribution is 2.48. The van der Waals surface area contributed by atoms with Gasteiger partial charge in [0.2, 0.25) is 0 Å². The summed E-state index contributed by atoms with van der Waals surface area (Å²) in [4.78, 5) is 9.82. The van der Waals surface area contributed by atoms with E-state index in [1.807, 2.05) is 7.05 Å². The molecule has 4 aliphatic rings. The predicted molar refractivity (Wildman–Crippen MR) is 122 cm³/mol. The molecule has 0 aromatic heterocycles. The summed E-state index contributed by atoms with van der Waals surface area (Å²) < 4.78 is 5.56. The molecule has 0 amide bonds. The van der Waals surface area contributed by atoms with Crippen molar-refractivity contribution in [3.05, 3.63) is 0 Å². The molecule has 27 heavy (non-hydrogen) atoms. The van der Waals surface area contributed by atoms with Crippen LogP contribution < -0.4 is 5.32 Å². The van der Waals surface area contributed by atoms with Gasteiger partial charge in [-0.25, -0.2) is 0 Å². The molecule has 0 unspecified atom stereocenters. The molecule has 0 atom stereocenters. The van der Waals surface area contributed by atoms with E-state index in [-0.39, 0.29) is 24.0 Å². The fourth-order valence-corrected chi connectivity index (χ4v) is 5.73. The minimum atomic E-state index is 0. The van der Waals surface area contributed by atoms with Gasteiger partial charge in [0, 0.05) is 51.7 Å². The number of morpholine rings is 1. The molecule has 4 fully saturated rings. The number of rotatable bonds is 4. The van der Waals surface area contributed by atoms with E-state index < -0.39 is 0 Å². The highest BCUT2D eigenvalue weighted by molar-refractivity contribution is 14.0. The summed E-state index contributed by atoms with van der Waals surface area (Å²) in [6, 6.07) is 0. The van der Waals surface area contributed by atoms with Crippen molar-refractivity contribution < 1.29 is 4.74 Å². The van der Waals surface area contributed by atoms with Crippen LogP contribution in [0.1, 0.15) is 57.8 Å². The van der Waals surface area contributed by atoms with Crippen molar-refractivity contribution in [1.82, 2.24) is 15.1 Å². The van der Waals surface area contributed by atoms with Crippen LogP contribution in [0.4, 0.5) is 0 Å². The maximum absolute atomic E-state index is 5.56. The minimum Gasteiger partial charge on any atom is -0.379 e. The SMILES string of the molecule is CN=C(NCC1(CN2CCOCC2)CCCCC1)N1CCC2(CCC2)C1.I. The smallest absolute Gasteiger partial charge is 0.193 e. The molecule has 5 nitrogen and oxygen atoms in total. The van der Waals surface area contributed by atoms with Gasteiger partial charge in [0.05, 0.1) is 13.2 Å². The van der Waals surface area contributed by atoms with Gasteiger partial charge in [-0.3, -0.25) is 9.89 Å². The van der Waals surface area contributed by atoms with Gasteiger partial charge in [-0.2, -0.15) is 0 Å². The molecule has 2 saturated carbocycles. The van der Waals surface area contributed by atoms with Gasteiger partial charge in [0.15, 0.2) is 5.96 Å². The third kappa shape index (κ3) is 5.10. The summed E-state index contributed by atoms with van der Waals surface area (Å²) in [7, 11) is 1.96. The van der Waals surface area contributed by atoms with Crippen LogP contribution in [0.5, 0.6) is 0 Å². The lowest BCUT2D eigenvalue weighted by Crippen LogP contribution is -2.51. The molecule has 0 aromatic rings. The third-order valence-corrected chi connectivity index (χ3v) is 7.56. The van der Waals surface area contributed by atoms with Crippen molar-refractivity contribution in [2.75, 3.05) is 59.5 Å². The van der Waals surface area contributed by atoms with E-state index in [1.54, 1.807) is 0 Å². The van der Waals surface area contributed by atoms with E-state index in [0.29, 0.717) is 10.8 Å². The van der Waals surface area contributed by atoms with Gasteiger partial charge in [0.1, 0.15) is 0 Å². The van der Waals surface area contributed by atoms with Crippen LogP contribution in [0, 0.1) is 10.8 Å². The minimum absolute atomic E-state index is 0. The first-order valence-corrected chi connectivity index (χ1v) is 11.0. The Morgan fingerprint density at radius 2 is 1.70 bits per heavy atom. The van der Waals surface area contributed by atoms with E-state index in [0.717, 1.165) is 38.8 Å². The lowest BCUT2D eigenvalue weighted by atomic mass is 9.68. The first kappa shape index (κ1) is 21.6. The summed E-state index contributed by atoms with van der Waals surface area (Å²) >= 11 is 0. The summed E-state index contributed by atoms with van der Waals surface area (Å²) in [5.74, 6) is 1.15. The number of guanidine groups is 1. The number of aliphatic imine (C=N–C) groups is 1. The molecular weight excluding hydrogens is 451 g/mol. The van der Waals surface area contributed by atoms with Crippen LogP contribution >= 0.6 is 24.0 Å². The molecule has 2 heterocycles. The predicted octanol–water partition coefficient (Wildman–Crippen LogP) is 3.34. The van der Waals surface area contributed by atoms with Crippen molar-refractivity contribution in [2.45, 2.75) is 57.8 Å². The number of hydrogen-bond acceptors (Lipinski definition) is 3. The van der Waals surface area contributed by atoms with Crippen LogP contribution in [-0.4, -0.2) is 75.3 Å². The van der Waals surface area contributed by atoms with E-state index in [1.165, 1.54) is 77.4 Å². The fourth-order valence-electron chi connectivity index (χ4n) is 5.73. The average molecular weight is 490 g/mol. The van der Waals surface area contributed by atoms with Crippen LogP contribution in [0.2, 0.25) is 0 Å². The third-order valence-electron chi connectivity index (χ3n) is 7.56. The van der Waals surface area contributed by atoms with E-state index >= 15 is 0 Å². The molecule has 0 bridgehead atoms. The summed E-state index contributed by atoms with van der Waals surface area (Å²) in [5.41, 5.74) is 1.05. The molecule has 4 rings (SSSR count). The zero-order valence-electron chi connectivity index (χ0n) is 17.2. The largest absolute Gasteiger partial charge is 0.379 e. The molecule has 2 aliphatic heterocycles. The normalized spacial score (nSPS) is 27.9. The Kier molecular flexibility index (Phi) is 7.70. The Morgan fingerprint density at radius 3 is 2.30 bits per heavy atom. The lowest BCUT2D eigenvalue weighted by Gasteiger charge is -2.43. The maximum atomic E-state index is 5.56. The van der Waals surface area contributed by atoms with Crippen molar-refractivity contribution in [2.24, 2.45) is 15.8 Å². The highest BCUT2D eigenvalue weighted by atomic mass is 127. The van der Waals surface area contributed by atoms with E-state index in [9.17, 15) is 0 Å². The number of likely N-dealkylation sites (tertiary alicyclic amines) is 1. The Labute approximate surface area is 182 Å². The molecule has 6 heteroatoms. The van der Waals surface area contributed by atoms with Gasteiger partial charge in [-0.05, 0) is 37.5 Å². The number of nitrogens with zero attached hydrogens (tertiary/aromatic N) is 3. The second-order valence-corrected chi connectivity index (χ2v) is 9.38. The number of halogens is 1. The van der Waals surface area contributed by atoms with Crippen molar-refractivity contribution >= 4 is 29.9 Å². The summed E-state index contributed by atoms with van der Waals surface area (Å²) in [5, 5.41) is 3.82. The summed E-state index contributed by atoms with van der Waals surface area (Å²) in [6.07, 6.45) is 12.6. The second kappa shape index (κ2) is 9.61. The van der Waals surface area contributed by atoms with Gasteiger partial charge in [-0.15, -0.1) is 24.0 Å². The molecular formula is C21H39IN4O. The van der Waals surface area contributed by atoms with Crippen LogP contribution in [0.15, 0.2) is 4.99 Å². The first-order valence-electron chi connectivity index (χ1n) is 11.0. The quantitative estimate of drug-likeness (QED) is 0.373. The monoisotopic (exact) mass is 490 g/mol. The molecule has 2 saturated heterocycles. The number of nitrogens with one attached hydrogen (secondary N) is 1. The molecule has 1 N–H and O–H groups in total. The maximum Gasteiger partial charge on any atom is 0.193 e. The average Bonchev–Trinajstić information content (AvgIpc) is 3.10. The Balaban J connectivity index is 0.00000210. The van der Waals surface area contributed by atoms with Crippen LogP contribution in [0.25, 0.3) is 0 Å².